The van der Waals surface area contributed by atoms with E-state index in [1.165, 1.54) is 18.2 Å². The van der Waals surface area contributed by atoms with E-state index in [1.54, 1.807) is 13.0 Å². The summed E-state index contributed by atoms with van der Waals surface area (Å²) in [7, 11) is 0. The van der Waals surface area contributed by atoms with Gasteiger partial charge in [-0.3, -0.25) is 0 Å². The molecule has 0 heterocycles. The zero-order valence-electron chi connectivity index (χ0n) is 9.58. The quantitative estimate of drug-likeness (QED) is 0.880. The third-order valence-electron chi connectivity index (χ3n) is 2.71. The number of hydrogen-bond acceptors (Lipinski definition) is 1. The fourth-order valence-corrected chi connectivity index (χ4v) is 1.81. The Labute approximate surface area is 103 Å². The average molecular weight is 248 g/mol. The monoisotopic (exact) mass is 248 g/mol. The maximum Gasteiger partial charge on any atom is 0.338 e. The summed E-state index contributed by atoms with van der Waals surface area (Å²) in [5, 5.41) is 8.86. The van der Waals surface area contributed by atoms with Gasteiger partial charge in [0.25, 0.3) is 0 Å². The SMILES string of the molecule is Cc1cc(F)c(C(=O)O)cc1-c1ccccc1F. The minimum absolute atomic E-state index is 0.262. The minimum Gasteiger partial charge on any atom is -0.478 e. The first kappa shape index (κ1) is 12.2. The van der Waals surface area contributed by atoms with Crippen molar-refractivity contribution in [2.45, 2.75) is 6.92 Å². The summed E-state index contributed by atoms with van der Waals surface area (Å²) in [6, 6.07) is 8.24. The van der Waals surface area contributed by atoms with Crippen LogP contribution >= 0.6 is 0 Å². The summed E-state index contributed by atoms with van der Waals surface area (Å²) < 4.78 is 27.1. The topological polar surface area (TPSA) is 37.3 Å². The van der Waals surface area contributed by atoms with Gasteiger partial charge in [-0.1, -0.05) is 18.2 Å². The molecule has 2 nitrogen and oxygen atoms in total. The van der Waals surface area contributed by atoms with Crippen LogP contribution in [0, 0.1) is 18.6 Å². The van der Waals surface area contributed by atoms with Crippen LogP contribution in [0.4, 0.5) is 8.78 Å². The Kier molecular flexibility index (Phi) is 3.10. The number of aryl methyl sites for hydroxylation is 1. The van der Waals surface area contributed by atoms with Crippen LogP contribution in [0.3, 0.4) is 0 Å². The van der Waals surface area contributed by atoms with E-state index in [0.717, 1.165) is 12.1 Å². The second-order valence-electron chi connectivity index (χ2n) is 3.93. The Hall–Kier alpha value is -2.23. The van der Waals surface area contributed by atoms with Crippen molar-refractivity contribution in [1.29, 1.82) is 0 Å². The normalized spacial score (nSPS) is 10.4. The molecule has 0 fully saturated rings. The molecule has 2 rings (SSSR count). The molecule has 0 radical (unpaired) electrons. The van der Waals surface area contributed by atoms with Crippen LogP contribution in [0.2, 0.25) is 0 Å². The van der Waals surface area contributed by atoms with E-state index >= 15 is 0 Å². The number of aromatic carboxylic acids is 1. The number of benzene rings is 2. The molecule has 0 spiro atoms. The van der Waals surface area contributed by atoms with Crippen LogP contribution in [0.5, 0.6) is 0 Å². The molecule has 1 N–H and O–H groups in total. The largest absolute Gasteiger partial charge is 0.478 e. The van der Waals surface area contributed by atoms with Crippen molar-refractivity contribution in [3.8, 4) is 11.1 Å². The standard InChI is InChI=1S/C14H10F2O2/c1-8-6-13(16)11(14(17)18)7-10(8)9-4-2-3-5-12(9)15/h2-7H,1H3,(H,17,18). The summed E-state index contributed by atoms with van der Waals surface area (Å²) in [5.41, 5.74) is 0.672. The van der Waals surface area contributed by atoms with E-state index in [-0.39, 0.29) is 5.56 Å². The highest BCUT2D eigenvalue weighted by Crippen LogP contribution is 2.28. The third-order valence-corrected chi connectivity index (χ3v) is 2.71. The van der Waals surface area contributed by atoms with E-state index in [4.69, 9.17) is 5.11 Å². The fraction of sp³-hybridized carbons (Fsp3) is 0.0714. The van der Waals surface area contributed by atoms with E-state index in [1.807, 2.05) is 0 Å². The number of carbonyl (C=O) groups is 1. The lowest BCUT2D eigenvalue weighted by atomic mass is 9.97. The number of rotatable bonds is 2. The van der Waals surface area contributed by atoms with Crippen LogP contribution in [-0.2, 0) is 0 Å². The molecule has 0 bridgehead atoms. The first-order chi connectivity index (χ1) is 8.50. The molecule has 2 aromatic carbocycles. The molecule has 0 atom stereocenters. The van der Waals surface area contributed by atoms with Crippen molar-refractivity contribution in [3.63, 3.8) is 0 Å². The van der Waals surface area contributed by atoms with Gasteiger partial charge in [0.15, 0.2) is 0 Å². The van der Waals surface area contributed by atoms with Crippen molar-refractivity contribution >= 4 is 5.97 Å². The van der Waals surface area contributed by atoms with Gasteiger partial charge in [-0.25, -0.2) is 13.6 Å². The van der Waals surface area contributed by atoms with Crippen LogP contribution in [0.1, 0.15) is 15.9 Å². The average Bonchev–Trinajstić information content (AvgIpc) is 2.30. The van der Waals surface area contributed by atoms with Crippen LogP contribution < -0.4 is 0 Å². The maximum atomic E-state index is 13.6. The minimum atomic E-state index is -1.37. The van der Waals surface area contributed by atoms with Gasteiger partial charge < -0.3 is 5.11 Å². The molecule has 0 aliphatic rings. The Balaban J connectivity index is 2.69. The molecular weight excluding hydrogens is 238 g/mol. The van der Waals surface area contributed by atoms with Gasteiger partial charge in [0.2, 0.25) is 0 Å². The Morgan fingerprint density at radius 2 is 1.72 bits per heavy atom. The highest BCUT2D eigenvalue weighted by molar-refractivity contribution is 5.90. The van der Waals surface area contributed by atoms with Crippen LogP contribution in [0.15, 0.2) is 36.4 Å². The summed E-state index contributed by atoms with van der Waals surface area (Å²) in [4.78, 5) is 10.9. The number of carboxylic acids is 1. The van der Waals surface area contributed by atoms with Gasteiger partial charge in [0.05, 0.1) is 5.56 Å². The van der Waals surface area contributed by atoms with Crippen molar-refractivity contribution in [3.05, 3.63) is 59.2 Å². The molecule has 0 aromatic heterocycles. The molecule has 92 valence electrons. The predicted molar refractivity (Wildman–Crippen MR) is 63.5 cm³/mol. The third kappa shape index (κ3) is 2.09. The van der Waals surface area contributed by atoms with E-state index in [0.29, 0.717) is 11.1 Å². The number of carboxylic acid groups (broad SMARTS) is 1. The second kappa shape index (κ2) is 4.56. The predicted octanol–water partition coefficient (Wildman–Crippen LogP) is 3.64. The fourth-order valence-electron chi connectivity index (χ4n) is 1.81. The van der Waals surface area contributed by atoms with Crippen molar-refractivity contribution in [2.75, 3.05) is 0 Å². The molecule has 18 heavy (non-hydrogen) atoms. The molecular formula is C14H10F2O2. The van der Waals surface area contributed by atoms with E-state index < -0.39 is 23.2 Å². The lowest BCUT2D eigenvalue weighted by Crippen LogP contribution is -2.02. The maximum absolute atomic E-state index is 13.6. The van der Waals surface area contributed by atoms with Crippen molar-refractivity contribution in [1.82, 2.24) is 0 Å². The summed E-state index contributed by atoms with van der Waals surface area (Å²) in [5.74, 6) is -2.66. The van der Waals surface area contributed by atoms with E-state index in [9.17, 15) is 13.6 Å². The first-order valence-corrected chi connectivity index (χ1v) is 5.29. The second-order valence-corrected chi connectivity index (χ2v) is 3.93. The summed E-state index contributed by atoms with van der Waals surface area (Å²) in [6.07, 6.45) is 0. The van der Waals surface area contributed by atoms with Gasteiger partial charge in [-0.05, 0) is 36.2 Å². The summed E-state index contributed by atoms with van der Waals surface area (Å²) >= 11 is 0. The first-order valence-electron chi connectivity index (χ1n) is 5.29. The molecule has 0 aliphatic heterocycles. The molecule has 0 saturated heterocycles. The van der Waals surface area contributed by atoms with Gasteiger partial charge in [-0.2, -0.15) is 0 Å². The van der Waals surface area contributed by atoms with Crippen LogP contribution in [0.25, 0.3) is 11.1 Å². The zero-order chi connectivity index (χ0) is 13.3. The summed E-state index contributed by atoms with van der Waals surface area (Å²) in [6.45, 7) is 1.61. The van der Waals surface area contributed by atoms with Crippen molar-refractivity contribution in [2.24, 2.45) is 0 Å². The molecule has 2 aromatic rings. The van der Waals surface area contributed by atoms with Crippen molar-refractivity contribution < 1.29 is 18.7 Å². The van der Waals surface area contributed by atoms with E-state index in [2.05, 4.69) is 0 Å². The highest BCUT2D eigenvalue weighted by Gasteiger charge is 2.15. The molecule has 0 saturated carbocycles. The lowest BCUT2D eigenvalue weighted by Gasteiger charge is -2.09. The van der Waals surface area contributed by atoms with Gasteiger partial charge >= 0.3 is 5.97 Å². The lowest BCUT2D eigenvalue weighted by molar-refractivity contribution is 0.0692. The van der Waals surface area contributed by atoms with Gasteiger partial charge in [0.1, 0.15) is 11.6 Å². The number of halogens is 2. The Morgan fingerprint density at radius 3 is 2.33 bits per heavy atom. The molecule has 4 heteroatoms. The molecule has 0 amide bonds. The zero-order valence-corrected chi connectivity index (χ0v) is 9.58. The van der Waals surface area contributed by atoms with Gasteiger partial charge in [0, 0.05) is 5.56 Å². The smallest absolute Gasteiger partial charge is 0.338 e. The van der Waals surface area contributed by atoms with Crippen LogP contribution in [-0.4, -0.2) is 11.1 Å². The number of hydrogen-bond donors (Lipinski definition) is 1. The van der Waals surface area contributed by atoms with Gasteiger partial charge in [-0.15, -0.1) is 0 Å². The Bertz CT molecular complexity index is 621. The molecule has 0 aliphatic carbocycles. The highest BCUT2D eigenvalue weighted by atomic mass is 19.1. The molecule has 0 unspecified atom stereocenters. The Morgan fingerprint density at radius 1 is 1.06 bits per heavy atom.